The molecule has 0 unspecified atom stereocenters. The van der Waals surface area contributed by atoms with E-state index >= 15 is 0 Å². The van der Waals surface area contributed by atoms with Gasteiger partial charge in [-0.25, -0.2) is 13.4 Å². The zero-order valence-corrected chi connectivity index (χ0v) is 15.2. The van der Waals surface area contributed by atoms with Crippen molar-refractivity contribution in [2.45, 2.75) is 39.2 Å². The summed E-state index contributed by atoms with van der Waals surface area (Å²) in [6.45, 7) is 2.47. The van der Waals surface area contributed by atoms with Gasteiger partial charge >= 0.3 is 0 Å². The molecule has 3 rings (SSSR count). The number of aromatic amines is 1. The predicted octanol–water partition coefficient (Wildman–Crippen LogP) is 1.85. The van der Waals surface area contributed by atoms with Gasteiger partial charge in [-0.2, -0.15) is 4.31 Å². The highest BCUT2D eigenvalue weighted by molar-refractivity contribution is 7.89. The van der Waals surface area contributed by atoms with Crippen LogP contribution in [0.2, 0.25) is 0 Å². The van der Waals surface area contributed by atoms with Gasteiger partial charge in [0.1, 0.15) is 5.82 Å². The van der Waals surface area contributed by atoms with Crippen LogP contribution in [0.15, 0.2) is 35.1 Å². The normalized spacial score (nSPS) is 15.1. The minimum Gasteiger partial charge on any atom is -0.310 e. The van der Waals surface area contributed by atoms with Crippen molar-refractivity contribution in [1.29, 1.82) is 0 Å². The molecule has 0 saturated heterocycles. The van der Waals surface area contributed by atoms with Crippen LogP contribution in [0, 0.1) is 0 Å². The molecule has 1 aromatic heterocycles. The second kappa shape index (κ2) is 7.49. The van der Waals surface area contributed by atoms with Gasteiger partial charge in [0.15, 0.2) is 0 Å². The fraction of sp³-hybridized carbons (Fsp3) is 0.444. The number of H-pyrrole nitrogens is 1. The highest BCUT2D eigenvalue weighted by atomic mass is 32.2. The monoisotopic (exact) mass is 361 g/mol. The Labute approximate surface area is 148 Å². The van der Waals surface area contributed by atoms with Crippen LogP contribution < -0.4 is 5.56 Å². The molecule has 6 nitrogen and oxygen atoms in total. The molecule has 2 aromatic rings. The van der Waals surface area contributed by atoms with E-state index in [-0.39, 0.29) is 17.9 Å². The Morgan fingerprint density at radius 3 is 2.72 bits per heavy atom. The second-order valence-corrected chi connectivity index (χ2v) is 8.44. The van der Waals surface area contributed by atoms with E-state index in [0.717, 1.165) is 17.7 Å². The van der Waals surface area contributed by atoms with E-state index in [0.29, 0.717) is 37.2 Å². The molecule has 0 saturated carbocycles. The minimum atomic E-state index is -3.31. The molecule has 0 bridgehead atoms. The molecule has 1 aromatic carbocycles. The zero-order chi connectivity index (χ0) is 17.9. The van der Waals surface area contributed by atoms with E-state index in [2.05, 4.69) is 9.97 Å². The predicted molar refractivity (Wildman–Crippen MR) is 96.9 cm³/mol. The van der Waals surface area contributed by atoms with Gasteiger partial charge < -0.3 is 4.98 Å². The quantitative estimate of drug-likeness (QED) is 0.851. The van der Waals surface area contributed by atoms with Crippen LogP contribution >= 0.6 is 0 Å². The average molecular weight is 361 g/mol. The van der Waals surface area contributed by atoms with Gasteiger partial charge in [-0.1, -0.05) is 43.7 Å². The number of benzene rings is 1. The average Bonchev–Trinajstić information content (AvgIpc) is 2.60. The highest BCUT2D eigenvalue weighted by Crippen LogP contribution is 2.18. The lowest BCUT2D eigenvalue weighted by molar-refractivity contribution is 0.383. The smallest absolute Gasteiger partial charge is 0.255 e. The molecule has 0 spiro atoms. The van der Waals surface area contributed by atoms with Crippen molar-refractivity contribution in [2.24, 2.45) is 0 Å². The maximum atomic E-state index is 12.4. The van der Waals surface area contributed by atoms with Crippen molar-refractivity contribution in [3.8, 4) is 0 Å². The van der Waals surface area contributed by atoms with Gasteiger partial charge in [0.2, 0.25) is 10.0 Å². The number of nitrogens with zero attached hydrogens (tertiary/aromatic N) is 2. The van der Waals surface area contributed by atoms with Gasteiger partial charge in [-0.05, 0) is 12.0 Å². The summed E-state index contributed by atoms with van der Waals surface area (Å²) in [4.78, 5) is 19.8. The molecule has 0 fully saturated rings. The van der Waals surface area contributed by atoms with Crippen LogP contribution in [-0.4, -0.2) is 35.0 Å². The van der Waals surface area contributed by atoms with Crippen LogP contribution in [0.25, 0.3) is 0 Å². The Hall–Kier alpha value is -1.99. The van der Waals surface area contributed by atoms with Gasteiger partial charge in [0.05, 0.1) is 17.0 Å². The van der Waals surface area contributed by atoms with E-state index in [1.807, 2.05) is 37.3 Å². The molecule has 7 heteroatoms. The van der Waals surface area contributed by atoms with E-state index in [1.165, 1.54) is 4.31 Å². The van der Waals surface area contributed by atoms with Crippen molar-refractivity contribution >= 4 is 10.0 Å². The number of rotatable bonds is 6. The second-order valence-electron chi connectivity index (χ2n) is 6.35. The molecule has 1 N–H and O–H groups in total. The molecule has 2 heterocycles. The summed E-state index contributed by atoms with van der Waals surface area (Å²) in [6, 6.07) is 9.82. The molecule has 0 atom stereocenters. The number of hydrogen-bond acceptors (Lipinski definition) is 4. The standard InChI is InChI=1S/C18H23N3O3S/c1-2-3-11-25(23,24)21-10-9-16-15(13-21)18(22)20-17(19-16)12-14-7-5-4-6-8-14/h4-8H,2-3,9-13H2,1H3,(H,19,20,22). The largest absolute Gasteiger partial charge is 0.310 e. The molecule has 1 aliphatic rings. The Morgan fingerprint density at radius 1 is 1.24 bits per heavy atom. The zero-order valence-electron chi connectivity index (χ0n) is 14.4. The topological polar surface area (TPSA) is 83.1 Å². The number of fused-ring (bicyclic) bond motifs is 1. The van der Waals surface area contributed by atoms with E-state index < -0.39 is 10.0 Å². The lowest BCUT2D eigenvalue weighted by Crippen LogP contribution is -2.40. The first-order chi connectivity index (χ1) is 12.0. The summed E-state index contributed by atoms with van der Waals surface area (Å²) in [5.41, 5.74) is 2.04. The van der Waals surface area contributed by atoms with Gasteiger partial charge in [0.25, 0.3) is 5.56 Å². The number of sulfonamides is 1. The summed E-state index contributed by atoms with van der Waals surface area (Å²) >= 11 is 0. The third kappa shape index (κ3) is 4.16. The number of hydrogen-bond donors (Lipinski definition) is 1. The van der Waals surface area contributed by atoms with Crippen molar-refractivity contribution in [3.63, 3.8) is 0 Å². The number of aromatic nitrogens is 2. The summed E-state index contributed by atoms with van der Waals surface area (Å²) < 4.78 is 26.1. The SMILES string of the molecule is CCCCS(=O)(=O)N1CCc2nc(Cc3ccccc3)[nH]c(=O)c2C1. The number of nitrogens with one attached hydrogen (secondary N) is 1. The lowest BCUT2D eigenvalue weighted by atomic mass is 10.1. The van der Waals surface area contributed by atoms with Gasteiger partial charge in [0, 0.05) is 25.9 Å². The van der Waals surface area contributed by atoms with Crippen LogP contribution in [0.4, 0.5) is 0 Å². The van der Waals surface area contributed by atoms with Crippen LogP contribution in [0.3, 0.4) is 0 Å². The molecule has 1 aliphatic heterocycles. The molecule has 134 valence electrons. The van der Waals surface area contributed by atoms with Crippen molar-refractivity contribution in [2.75, 3.05) is 12.3 Å². The molecule has 0 amide bonds. The minimum absolute atomic E-state index is 0.120. The van der Waals surface area contributed by atoms with Crippen LogP contribution in [-0.2, 0) is 29.4 Å². The molecule has 0 aliphatic carbocycles. The highest BCUT2D eigenvalue weighted by Gasteiger charge is 2.28. The summed E-state index contributed by atoms with van der Waals surface area (Å²) in [6.07, 6.45) is 2.50. The maximum Gasteiger partial charge on any atom is 0.255 e. The summed E-state index contributed by atoms with van der Waals surface area (Å²) in [5, 5.41) is 0. The third-order valence-corrected chi connectivity index (χ3v) is 6.35. The Morgan fingerprint density at radius 2 is 2.00 bits per heavy atom. The van der Waals surface area contributed by atoms with Crippen molar-refractivity contribution in [1.82, 2.24) is 14.3 Å². The molecular weight excluding hydrogens is 338 g/mol. The maximum absolute atomic E-state index is 12.4. The first-order valence-corrected chi connectivity index (χ1v) is 10.2. The lowest BCUT2D eigenvalue weighted by Gasteiger charge is -2.27. The molecule has 0 radical (unpaired) electrons. The summed E-state index contributed by atoms with van der Waals surface area (Å²) in [5.74, 6) is 0.758. The summed E-state index contributed by atoms with van der Waals surface area (Å²) in [7, 11) is -3.31. The van der Waals surface area contributed by atoms with E-state index in [4.69, 9.17) is 0 Å². The van der Waals surface area contributed by atoms with E-state index in [1.54, 1.807) is 0 Å². The first kappa shape index (κ1) is 17.8. The van der Waals surface area contributed by atoms with Crippen molar-refractivity contribution in [3.05, 3.63) is 63.3 Å². The van der Waals surface area contributed by atoms with Crippen LogP contribution in [0.5, 0.6) is 0 Å². The Bertz CT molecular complexity index is 892. The fourth-order valence-electron chi connectivity index (χ4n) is 3.02. The number of unbranched alkanes of at least 4 members (excludes halogenated alkanes) is 1. The molecular formula is C18H23N3O3S. The van der Waals surface area contributed by atoms with Crippen LogP contribution in [0.1, 0.15) is 42.4 Å². The molecule has 25 heavy (non-hydrogen) atoms. The third-order valence-electron chi connectivity index (χ3n) is 4.45. The Kier molecular flexibility index (Phi) is 5.34. The van der Waals surface area contributed by atoms with Gasteiger partial charge in [-0.15, -0.1) is 0 Å². The van der Waals surface area contributed by atoms with E-state index in [9.17, 15) is 13.2 Å². The first-order valence-electron chi connectivity index (χ1n) is 8.62. The fourth-order valence-corrected chi connectivity index (χ4v) is 4.62. The Balaban J connectivity index is 1.81. The van der Waals surface area contributed by atoms with Crippen molar-refractivity contribution < 1.29 is 8.42 Å². The van der Waals surface area contributed by atoms with Gasteiger partial charge in [-0.3, -0.25) is 4.79 Å².